The lowest BCUT2D eigenvalue weighted by atomic mass is 10.0. The van der Waals surface area contributed by atoms with Gasteiger partial charge in [-0.05, 0) is 35.4 Å². The Morgan fingerprint density at radius 1 is 0.958 bits per heavy atom. The lowest BCUT2D eigenvalue weighted by Crippen LogP contribution is -1.98. The molecule has 0 heterocycles. The van der Waals surface area contributed by atoms with Crippen LogP contribution in [-0.4, -0.2) is 11.1 Å². The lowest BCUT2D eigenvalue weighted by Gasteiger charge is -2.08. The van der Waals surface area contributed by atoms with E-state index in [2.05, 4.69) is 0 Å². The monoisotopic (exact) mass is 322 g/mol. The second-order valence-corrected chi connectivity index (χ2v) is 5.30. The molecule has 0 unspecified atom stereocenters. The minimum Gasteiger partial charge on any atom is -0.489 e. The van der Waals surface area contributed by atoms with E-state index in [1.807, 2.05) is 30.3 Å². The maximum absolute atomic E-state index is 14.1. The molecule has 0 bridgehead atoms. The van der Waals surface area contributed by atoms with E-state index >= 15 is 0 Å². The molecule has 0 aromatic heterocycles. The largest absolute Gasteiger partial charge is 0.489 e. The van der Waals surface area contributed by atoms with Crippen molar-refractivity contribution in [1.29, 1.82) is 0 Å². The molecular formula is C20H15FO3. The predicted molar refractivity (Wildman–Crippen MR) is 89.6 cm³/mol. The van der Waals surface area contributed by atoms with Crippen LogP contribution < -0.4 is 4.74 Å². The highest BCUT2D eigenvalue weighted by Crippen LogP contribution is 2.26. The van der Waals surface area contributed by atoms with E-state index in [0.717, 1.165) is 11.6 Å². The molecule has 3 aromatic carbocycles. The summed E-state index contributed by atoms with van der Waals surface area (Å²) in [6, 6.07) is 20.7. The van der Waals surface area contributed by atoms with Crippen molar-refractivity contribution in [2.45, 2.75) is 6.61 Å². The summed E-state index contributed by atoms with van der Waals surface area (Å²) in [5.41, 5.74) is 2.02. The molecule has 0 fully saturated rings. The molecule has 120 valence electrons. The van der Waals surface area contributed by atoms with Gasteiger partial charge in [0.2, 0.25) is 0 Å². The maximum atomic E-state index is 14.1. The van der Waals surface area contributed by atoms with E-state index in [9.17, 15) is 9.18 Å². The van der Waals surface area contributed by atoms with Crippen molar-refractivity contribution in [1.82, 2.24) is 0 Å². The summed E-state index contributed by atoms with van der Waals surface area (Å²) >= 11 is 0. The van der Waals surface area contributed by atoms with Gasteiger partial charge in [0.25, 0.3) is 0 Å². The number of benzene rings is 3. The van der Waals surface area contributed by atoms with Gasteiger partial charge in [-0.1, -0.05) is 48.5 Å². The number of aromatic carboxylic acids is 1. The van der Waals surface area contributed by atoms with Crippen LogP contribution in [0.4, 0.5) is 4.39 Å². The summed E-state index contributed by atoms with van der Waals surface area (Å²) in [6.45, 7) is 0.460. The van der Waals surface area contributed by atoms with Gasteiger partial charge in [-0.2, -0.15) is 0 Å². The van der Waals surface area contributed by atoms with Crippen LogP contribution in [-0.2, 0) is 6.61 Å². The summed E-state index contributed by atoms with van der Waals surface area (Å²) in [4.78, 5) is 10.9. The first-order valence-electron chi connectivity index (χ1n) is 7.43. The average Bonchev–Trinajstić information content (AvgIpc) is 2.61. The molecule has 3 nitrogen and oxygen atoms in total. The van der Waals surface area contributed by atoms with Crippen LogP contribution in [0.1, 0.15) is 15.9 Å². The quantitative estimate of drug-likeness (QED) is 0.736. The molecule has 0 radical (unpaired) electrons. The maximum Gasteiger partial charge on any atom is 0.335 e. The third-order valence-corrected chi connectivity index (χ3v) is 3.63. The van der Waals surface area contributed by atoms with E-state index in [1.165, 1.54) is 12.1 Å². The molecule has 0 aliphatic carbocycles. The van der Waals surface area contributed by atoms with Crippen molar-refractivity contribution in [3.63, 3.8) is 0 Å². The first kappa shape index (κ1) is 15.7. The topological polar surface area (TPSA) is 46.5 Å². The molecule has 0 saturated carbocycles. The van der Waals surface area contributed by atoms with Gasteiger partial charge in [0.05, 0.1) is 5.56 Å². The summed E-state index contributed by atoms with van der Waals surface area (Å²) < 4.78 is 19.8. The van der Waals surface area contributed by atoms with Crippen LogP contribution in [0.5, 0.6) is 5.75 Å². The molecule has 0 atom stereocenters. The lowest BCUT2D eigenvalue weighted by molar-refractivity contribution is 0.0696. The molecule has 0 amide bonds. The zero-order valence-electron chi connectivity index (χ0n) is 12.8. The average molecular weight is 322 g/mol. The molecule has 0 saturated heterocycles. The molecule has 3 aromatic rings. The van der Waals surface area contributed by atoms with Crippen molar-refractivity contribution in [3.05, 3.63) is 89.7 Å². The molecule has 24 heavy (non-hydrogen) atoms. The summed E-state index contributed by atoms with van der Waals surface area (Å²) in [5.74, 6) is -1.02. The van der Waals surface area contributed by atoms with Gasteiger partial charge >= 0.3 is 5.97 Å². The molecule has 3 rings (SSSR count). The minimum atomic E-state index is -1.15. The van der Waals surface area contributed by atoms with E-state index in [-0.39, 0.29) is 5.56 Å². The third kappa shape index (κ3) is 3.60. The second kappa shape index (κ2) is 6.96. The molecule has 0 spiro atoms. The van der Waals surface area contributed by atoms with Crippen molar-refractivity contribution >= 4 is 5.97 Å². The predicted octanol–water partition coefficient (Wildman–Crippen LogP) is 4.77. The van der Waals surface area contributed by atoms with Crippen molar-refractivity contribution in [2.24, 2.45) is 0 Å². The Kier molecular flexibility index (Phi) is 4.57. The number of carboxylic acid groups (broad SMARTS) is 1. The summed E-state index contributed by atoms with van der Waals surface area (Å²) in [7, 11) is 0. The van der Waals surface area contributed by atoms with E-state index in [4.69, 9.17) is 9.84 Å². The van der Waals surface area contributed by atoms with Gasteiger partial charge in [-0.3, -0.25) is 0 Å². The first-order valence-corrected chi connectivity index (χ1v) is 7.43. The number of hydrogen-bond acceptors (Lipinski definition) is 2. The van der Waals surface area contributed by atoms with Gasteiger partial charge in [0.15, 0.2) is 0 Å². The van der Waals surface area contributed by atoms with Crippen LogP contribution in [0, 0.1) is 5.82 Å². The first-order chi connectivity index (χ1) is 11.6. The SMILES string of the molecule is O=C(O)c1ccc(-c2ccc(OCc3ccccc3)cc2)c(F)c1. The number of carbonyl (C=O) groups is 1. The van der Waals surface area contributed by atoms with E-state index in [0.29, 0.717) is 23.5 Å². The number of ether oxygens (including phenoxy) is 1. The smallest absolute Gasteiger partial charge is 0.335 e. The Bertz CT molecular complexity index is 843. The van der Waals surface area contributed by atoms with E-state index < -0.39 is 11.8 Å². The van der Waals surface area contributed by atoms with Gasteiger partial charge in [0.1, 0.15) is 18.2 Å². The van der Waals surface area contributed by atoms with E-state index in [1.54, 1.807) is 24.3 Å². The highest BCUT2D eigenvalue weighted by Gasteiger charge is 2.10. The Morgan fingerprint density at radius 2 is 1.67 bits per heavy atom. The second-order valence-electron chi connectivity index (χ2n) is 5.30. The normalized spacial score (nSPS) is 10.4. The number of carboxylic acids is 1. The standard InChI is InChI=1S/C20H15FO3/c21-19-12-16(20(22)23)8-11-18(19)15-6-9-17(10-7-15)24-13-14-4-2-1-3-5-14/h1-12H,13H2,(H,22,23). The van der Waals surface area contributed by atoms with Crippen LogP contribution in [0.15, 0.2) is 72.8 Å². The van der Waals surface area contributed by atoms with Gasteiger partial charge in [-0.25, -0.2) is 9.18 Å². The fourth-order valence-electron chi connectivity index (χ4n) is 2.35. The third-order valence-electron chi connectivity index (χ3n) is 3.63. The number of halogens is 1. The van der Waals surface area contributed by atoms with Crippen LogP contribution in [0.2, 0.25) is 0 Å². The van der Waals surface area contributed by atoms with Crippen LogP contribution in [0.25, 0.3) is 11.1 Å². The molecule has 0 aliphatic heterocycles. The van der Waals surface area contributed by atoms with Gasteiger partial charge in [-0.15, -0.1) is 0 Å². The summed E-state index contributed by atoms with van der Waals surface area (Å²) in [5, 5.41) is 8.88. The fraction of sp³-hybridized carbons (Fsp3) is 0.0500. The minimum absolute atomic E-state index is 0.0703. The van der Waals surface area contributed by atoms with Crippen LogP contribution in [0.3, 0.4) is 0 Å². The zero-order valence-corrected chi connectivity index (χ0v) is 12.8. The Morgan fingerprint density at radius 3 is 2.29 bits per heavy atom. The number of rotatable bonds is 5. The fourth-order valence-corrected chi connectivity index (χ4v) is 2.35. The molecule has 0 aliphatic rings. The van der Waals surface area contributed by atoms with Gasteiger partial charge < -0.3 is 9.84 Å². The Balaban J connectivity index is 1.73. The zero-order chi connectivity index (χ0) is 16.9. The molecule has 4 heteroatoms. The van der Waals surface area contributed by atoms with Crippen molar-refractivity contribution < 1.29 is 19.0 Å². The summed E-state index contributed by atoms with van der Waals surface area (Å²) in [6.07, 6.45) is 0. The Labute approximate surface area is 139 Å². The van der Waals surface area contributed by atoms with Crippen LogP contribution >= 0.6 is 0 Å². The highest BCUT2D eigenvalue weighted by atomic mass is 19.1. The molecular weight excluding hydrogens is 307 g/mol. The van der Waals surface area contributed by atoms with Gasteiger partial charge in [0, 0.05) is 5.56 Å². The highest BCUT2D eigenvalue weighted by molar-refractivity contribution is 5.88. The molecule has 1 N–H and O–H groups in total. The van der Waals surface area contributed by atoms with Crippen molar-refractivity contribution in [2.75, 3.05) is 0 Å². The number of hydrogen-bond donors (Lipinski definition) is 1. The Hall–Kier alpha value is -3.14. The van der Waals surface area contributed by atoms with Crippen molar-refractivity contribution in [3.8, 4) is 16.9 Å².